The van der Waals surface area contributed by atoms with Gasteiger partial charge in [0.25, 0.3) is 5.56 Å². The molecule has 2 aromatic heterocycles. The molecule has 0 bridgehead atoms. The number of aromatic nitrogens is 3. The molecule has 0 spiro atoms. The van der Waals surface area contributed by atoms with E-state index in [1.807, 2.05) is 6.07 Å². The molecule has 31 heavy (non-hydrogen) atoms. The second kappa shape index (κ2) is 8.80. The third-order valence-electron chi connectivity index (χ3n) is 7.05. The molecule has 0 radical (unpaired) electrons. The van der Waals surface area contributed by atoms with Crippen molar-refractivity contribution < 1.29 is 0 Å². The number of rotatable bonds is 6. The molecule has 3 aliphatic rings. The third-order valence-corrected chi connectivity index (χ3v) is 7.05. The molecule has 5 rings (SSSR count). The van der Waals surface area contributed by atoms with Crippen LogP contribution < -0.4 is 10.9 Å². The Morgan fingerprint density at radius 1 is 1.03 bits per heavy atom. The van der Waals surface area contributed by atoms with E-state index in [1.165, 1.54) is 18.4 Å². The Hall–Kier alpha value is -2.72. The van der Waals surface area contributed by atoms with E-state index in [4.69, 9.17) is 4.98 Å². The van der Waals surface area contributed by atoms with Gasteiger partial charge in [0.1, 0.15) is 11.9 Å². The summed E-state index contributed by atoms with van der Waals surface area (Å²) in [4.78, 5) is 19.7. The highest BCUT2D eigenvalue weighted by Gasteiger charge is 2.24. The van der Waals surface area contributed by atoms with E-state index < -0.39 is 0 Å². The predicted molar refractivity (Wildman–Crippen MR) is 119 cm³/mol. The number of nitrogens with one attached hydrogen (secondary N) is 1. The van der Waals surface area contributed by atoms with Crippen LogP contribution in [0.3, 0.4) is 0 Å². The average molecular weight is 419 g/mol. The number of likely N-dealkylation sites (tertiary alicyclic amines) is 1. The van der Waals surface area contributed by atoms with E-state index in [-0.39, 0.29) is 5.56 Å². The van der Waals surface area contributed by atoms with Gasteiger partial charge in [-0.1, -0.05) is 6.42 Å². The van der Waals surface area contributed by atoms with Crippen LogP contribution in [0, 0.1) is 11.3 Å². The van der Waals surface area contributed by atoms with Crippen LogP contribution in [0.2, 0.25) is 0 Å². The van der Waals surface area contributed by atoms with Gasteiger partial charge < -0.3 is 5.32 Å². The fourth-order valence-electron chi connectivity index (χ4n) is 5.31. The zero-order valence-corrected chi connectivity index (χ0v) is 18.1. The normalized spacial score (nSPS) is 20.3. The number of nitrogens with zero attached hydrogens (tertiary/aromatic N) is 5. The summed E-state index contributed by atoms with van der Waals surface area (Å²) in [6.45, 7) is 3.26. The van der Waals surface area contributed by atoms with Crippen molar-refractivity contribution in [1.82, 2.24) is 19.7 Å². The predicted octanol–water partition coefficient (Wildman–Crippen LogP) is 2.45. The van der Waals surface area contributed by atoms with Crippen LogP contribution in [0.15, 0.2) is 16.9 Å². The van der Waals surface area contributed by atoms with Gasteiger partial charge in [-0.25, -0.2) is 9.67 Å². The fraction of sp³-hybridized carbons (Fsp3) is 0.583. The summed E-state index contributed by atoms with van der Waals surface area (Å²) in [5, 5.41) is 17.7. The summed E-state index contributed by atoms with van der Waals surface area (Å²) < 4.78 is 1.65. The molecule has 1 aliphatic heterocycles. The van der Waals surface area contributed by atoms with Gasteiger partial charge in [-0.15, -0.1) is 0 Å². The van der Waals surface area contributed by atoms with Gasteiger partial charge in [-0.2, -0.15) is 10.4 Å². The maximum Gasteiger partial charge on any atom is 0.267 e. The smallest absolute Gasteiger partial charge is 0.267 e. The number of hydrogen-bond acceptors (Lipinski definition) is 6. The minimum atomic E-state index is 0.0216. The van der Waals surface area contributed by atoms with Crippen LogP contribution in [0.25, 0.3) is 0 Å². The number of aryl methyl sites for hydroxylation is 4. The molecule has 1 unspecified atom stereocenters. The maximum absolute atomic E-state index is 12.4. The first-order valence-corrected chi connectivity index (χ1v) is 11.7. The van der Waals surface area contributed by atoms with Crippen molar-refractivity contribution in [1.29, 1.82) is 5.26 Å². The van der Waals surface area contributed by atoms with Crippen LogP contribution in [-0.2, 0) is 32.2 Å². The fourth-order valence-corrected chi connectivity index (χ4v) is 5.31. The van der Waals surface area contributed by atoms with Gasteiger partial charge in [0.15, 0.2) is 0 Å². The number of fused-ring (bicyclic) bond motifs is 2. The zero-order chi connectivity index (χ0) is 21.2. The quantitative estimate of drug-likeness (QED) is 0.775. The highest BCUT2D eigenvalue weighted by Crippen LogP contribution is 2.25. The minimum Gasteiger partial charge on any atom is -0.367 e. The summed E-state index contributed by atoms with van der Waals surface area (Å²) in [6.07, 6.45) is 9.76. The monoisotopic (exact) mass is 418 g/mol. The molecule has 1 N–H and O–H groups in total. The van der Waals surface area contributed by atoms with Gasteiger partial charge in [0.2, 0.25) is 0 Å². The van der Waals surface area contributed by atoms with Gasteiger partial charge in [-0.3, -0.25) is 9.69 Å². The first-order valence-electron chi connectivity index (χ1n) is 11.7. The largest absolute Gasteiger partial charge is 0.367 e. The number of piperidine rings is 1. The second-order valence-corrected chi connectivity index (χ2v) is 9.05. The van der Waals surface area contributed by atoms with Gasteiger partial charge in [-0.05, 0) is 75.1 Å². The van der Waals surface area contributed by atoms with Crippen molar-refractivity contribution in [2.75, 3.05) is 25.0 Å². The Balaban J connectivity index is 1.25. The average Bonchev–Trinajstić information content (AvgIpc) is 3.44. The SMILES string of the molecule is N#Cc1cc2c(nc1NCC1CCCCN1CCn1nc3c(cc1=O)CCC3)CCC2. The molecule has 0 amide bonds. The molecule has 162 valence electrons. The van der Waals surface area contributed by atoms with Crippen LogP contribution >= 0.6 is 0 Å². The van der Waals surface area contributed by atoms with E-state index in [0.717, 1.165) is 87.3 Å². The lowest BCUT2D eigenvalue weighted by atomic mass is 10.0. The van der Waals surface area contributed by atoms with Crippen LogP contribution in [-0.4, -0.2) is 45.3 Å². The standard InChI is InChI=1S/C24H30N6O/c25-15-19-13-17-5-3-8-21(17)27-24(19)26-16-20-7-1-2-10-29(20)11-12-30-23(31)14-18-6-4-9-22(18)28-30/h13-14,20H,1-12,16H2,(H,26,27). The van der Waals surface area contributed by atoms with Crippen molar-refractivity contribution in [3.8, 4) is 6.07 Å². The minimum absolute atomic E-state index is 0.0216. The number of nitriles is 1. The highest BCUT2D eigenvalue weighted by atomic mass is 16.1. The molecule has 7 heteroatoms. The van der Waals surface area contributed by atoms with E-state index >= 15 is 0 Å². The second-order valence-electron chi connectivity index (χ2n) is 9.05. The lowest BCUT2D eigenvalue weighted by Crippen LogP contribution is -2.45. The Kier molecular flexibility index (Phi) is 5.73. The number of pyridine rings is 1. The molecule has 2 aliphatic carbocycles. The molecule has 3 heterocycles. The van der Waals surface area contributed by atoms with E-state index in [0.29, 0.717) is 18.2 Å². The highest BCUT2D eigenvalue weighted by molar-refractivity contribution is 5.55. The summed E-state index contributed by atoms with van der Waals surface area (Å²) in [5.74, 6) is 0.727. The van der Waals surface area contributed by atoms with Crippen molar-refractivity contribution in [3.05, 3.63) is 50.6 Å². The first-order chi connectivity index (χ1) is 15.2. The number of hydrogen-bond donors (Lipinski definition) is 1. The van der Waals surface area contributed by atoms with Crippen LogP contribution in [0.1, 0.15) is 60.2 Å². The van der Waals surface area contributed by atoms with Crippen molar-refractivity contribution in [3.63, 3.8) is 0 Å². The summed E-state index contributed by atoms with van der Waals surface area (Å²) in [5.41, 5.74) is 5.28. The van der Waals surface area contributed by atoms with Crippen LogP contribution in [0.5, 0.6) is 0 Å². The molecule has 1 atom stereocenters. The first kappa shape index (κ1) is 20.2. The molecule has 2 aromatic rings. The molecule has 1 saturated heterocycles. The molecule has 0 saturated carbocycles. The van der Waals surface area contributed by atoms with Crippen molar-refractivity contribution in [2.45, 2.75) is 70.4 Å². The zero-order valence-electron chi connectivity index (χ0n) is 18.1. The van der Waals surface area contributed by atoms with Gasteiger partial charge >= 0.3 is 0 Å². The molecular formula is C24H30N6O. The molecule has 1 fully saturated rings. The summed E-state index contributed by atoms with van der Waals surface area (Å²) in [7, 11) is 0. The Labute approximate surface area is 183 Å². The van der Waals surface area contributed by atoms with Gasteiger partial charge in [0.05, 0.1) is 17.8 Å². The molecule has 0 aromatic carbocycles. The lowest BCUT2D eigenvalue weighted by molar-refractivity contribution is 0.148. The van der Waals surface area contributed by atoms with E-state index in [1.54, 1.807) is 10.7 Å². The maximum atomic E-state index is 12.4. The topological polar surface area (TPSA) is 86.8 Å². The Morgan fingerprint density at radius 3 is 2.68 bits per heavy atom. The van der Waals surface area contributed by atoms with Gasteiger partial charge in [0, 0.05) is 30.9 Å². The molecular weight excluding hydrogens is 388 g/mol. The van der Waals surface area contributed by atoms with Crippen molar-refractivity contribution >= 4 is 5.82 Å². The van der Waals surface area contributed by atoms with Crippen LogP contribution in [0.4, 0.5) is 5.82 Å². The van der Waals surface area contributed by atoms with E-state index in [9.17, 15) is 10.1 Å². The summed E-state index contributed by atoms with van der Waals surface area (Å²) >= 11 is 0. The van der Waals surface area contributed by atoms with E-state index in [2.05, 4.69) is 21.4 Å². The number of anilines is 1. The Morgan fingerprint density at radius 2 is 1.84 bits per heavy atom. The van der Waals surface area contributed by atoms with Crippen molar-refractivity contribution in [2.24, 2.45) is 0 Å². The lowest BCUT2D eigenvalue weighted by Gasteiger charge is -2.36. The third kappa shape index (κ3) is 4.22. The molecule has 7 nitrogen and oxygen atoms in total. The Bertz CT molecular complexity index is 1070. The summed E-state index contributed by atoms with van der Waals surface area (Å²) in [6, 6.07) is 6.49.